The van der Waals surface area contributed by atoms with Crippen molar-refractivity contribution >= 4 is 39.0 Å². The molecule has 5 rings (SSSR count). The van der Waals surface area contributed by atoms with Crippen molar-refractivity contribution in [2.24, 2.45) is 0 Å². The molecule has 0 aliphatic carbocycles. The van der Waals surface area contributed by atoms with E-state index in [4.69, 9.17) is 9.47 Å². The van der Waals surface area contributed by atoms with Crippen molar-refractivity contribution in [2.75, 3.05) is 11.9 Å². The molecule has 0 bridgehead atoms. The van der Waals surface area contributed by atoms with Gasteiger partial charge in [-0.3, -0.25) is 0 Å². The summed E-state index contributed by atoms with van der Waals surface area (Å²) in [5.41, 5.74) is 3.92. The first-order valence-corrected chi connectivity index (χ1v) is 12.5. The molecule has 0 saturated heterocycles. The van der Waals surface area contributed by atoms with Crippen molar-refractivity contribution in [1.82, 2.24) is 9.97 Å². The molecule has 0 atom stereocenters. The fourth-order valence-electron chi connectivity index (χ4n) is 3.85. The molecule has 0 saturated carbocycles. The molecule has 5 aromatic rings. The average molecular weight is 496 g/mol. The third-order valence-corrected chi connectivity index (χ3v) is 6.92. The van der Waals surface area contributed by atoms with E-state index in [0.29, 0.717) is 30.3 Å². The van der Waals surface area contributed by atoms with Crippen LogP contribution in [0.1, 0.15) is 26.4 Å². The molecular formula is C29H25N3O3S. The normalized spacial score (nSPS) is 10.8. The maximum absolute atomic E-state index is 12.8. The Labute approximate surface area is 213 Å². The van der Waals surface area contributed by atoms with Gasteiger partial charge in [0.2, 0.25) is 0 Å². The van der Waals surface area contributed by atoms with Gasteiger partial charge in [-0.15, -0.1) is 11.3 Å². The maximum Gasteiger partial charge on any atom is 0.348 e. The highest BCUT2D eigenvalue weighted by Gasteiger charge is 2.20. The van der Waals surface area contributed by atoms with Crippen LogP contribution in [0.2, 0.25) is 0 Å². The van der Waals surface area contributed by atoms with E-state index in [0.717, 1.165) is 38.3 Å². The molecule has 1 N–H and O–H groups in total. The van der Waals surface area contributed by atoms with Crippen LogP contribution in [0.25, 0.3) is 10.2 Å². The summed E-state index contributed by atoms with van der Waals surface area (Å²) in [6.07, 6.45) is 2.18. The molecule has 180 valence electrons. The van der Waals surface area contributed by atoms with E-state index < -0.39 is 0 Å². The van der Waals surface area contributed by atoms with E-state index in [-0.39, 0.29) is 5.97 Å². The number of aryl methyl sites for hydroxylation is 1. The molecule has 0 aliphatic heterocycles. The van der Waals surface area contributed by atoms with Crippen molar-refractivity contribution in [2.45, 2.75) is 20.0 Å². The lowest BCUT2D eigenvalue weighted by Crippen LogP contribution is -2.07. The van der Waals surface area contributed by atoms with Crippen molar-refractivity contribution in [3.05, 3.63) is 113 Å². The Morgan fingerprint density at radius 1 is 0.889 bits per heavy atom. The highest BCUT2D eigenvalue weighted by molar-refractivity contribution is 7.20. The fraction of sp³-hybridized carbons (Fsp3) is 0.138. The standard InChI is InChI=1S/C29H25N3O3S/c1-20-25-27(32-23-12-14-24(15-13-23)35-18-22-10-6-3-7-11-22)30-19-31-28(25)36-26(20)29(33)34-17-16-21-8-4-2-5-9-21/h2-15,19H,16-18H2,1H3,(H,30,31,32). The number of hydrogen-bond acceptors (Lipinski definition) is 7. The van der Waals surface area contributed by atoms with E-state index in [2.05, 4.69) is 15.3 Å². The lowest BCUT2D eigenvalue weighted by molar-refractivity contribution is 0.0514. The summed E-state index contributed by atoms with van der Waals surface area (Å²) in [7, 11) is 0. The van der Waals surface area contributed by atoms with E-state index in [1.165, 1.54) is 17.7 Å². The number of carbonyl (C=O) groups excluding carboxylic acids is 1. The van der Waals surface area contributed by atoms with Crippen molar-refractivity contribution in [3.8, 4) is 5.75 Å². The predicted molar refractivity (Wildman–Crippen MR) is 143 cm³/mol. The van der Waals surface area contributed by atoms with Gasteiger partial charge in [0.15, 0.2) is 0 Å². The highest BCUT2D eigenvalue weighted by Crippen LogP contribution is 2.35. The molecular weight excluding hydrogens is 470 g/mol. The molecule has 0 aliphatic rings. The van der Waals surface area contributed by atoms with Gasteiger partial charge in [0, 0.05) is 12.1 Å². The second-order valence-electron chi connectivity index (χ2n) is 8.25. The number of thiophene rings is 1. The van der Waals surface area contributed by atoms with Crippen molar-refractivity contribution in [3.63, 3.8) is 0 Å². The summed E-state index contributed by atoms with van der Waals surface area (Å²) in [4.78, 5) is 22.9. The number of benzene rings is 3. The van der Waals surface area contributed by atoms with Crippen LogP contribution >= 0.6 is 11.3 Å². The van der Waals surface area contributed by atoms with Crippen LogP contribution in [-0.2, 0) is 17.8 Å². The molecule has 0 unspecified atom stereocenters. The zero-order valence-electron chi connectivity index (χ0n) is 19.8. The van der Waals surface area contributed by atoms with Gasteiger partial charge >= 0.3 is 5.97 Å². The topological polar surface area (TPSA) is 73.3 Å². The molecule has 3 aromatic carbocycles. The van der Waals surface area contributed by atoms with Crippen LogP contribution in [0.15, 0.2) is 91.3 Å². The van der Waals surface area contributed by atoms with Crippen molar-refractivity contribution in [1.29, 1.82) is 0 Å². The Balaban J connectivity index is 1.26. The predicted octanol–water partition coefficient (Wildman–Crippen LogP) is 6.72. The van der Waals surface area contributed by atoms with Crippen LogP contribution in [0.5, 0.6) is 5.75 Å². The smallest absolute Gasteiger partial charge is 0.348 e. The first kappa shape index (κ1) is 23.5. The lowest BCUT2D eigenvalue weighted by atomic mass is 10.2. The number of ether oxygens (including phenoxy) is 2. The van der Waals surface area contributed by atoms with Crippen molar-refractivity contribution < 1.29 is 14.3 Å². The van der Waals surface area contributed by atoms with Gasteiger partial charge < -0.3 is 14.8 Å². The minimum absolute atomic E-state index is 0.325. The summed E-state index contributed by atoms with van der Waals surface area (Å²) in [6.45, 7) is 2.74. The number of esters is 1. The molecule has 6 nitrogen and oxygen atoms in total. The molecule has 2 aromatic heterocycles. The number of nitrogens with one attached hydrogen (secondary N) is 1. The van der Waals surface area contributed by atoms with Gasteiger partial charge in [-0.1, -0.05) is 60.7 Å². The minimum atomic E-state index is -0.336. The number of anilines is 2. The molecule has 36 heavy (non-hydrogen) atoms. The molecule has 0 radical (unpaired) electrons. The van der Waals surface area contributed by atoms with Crippen LogP contribution in [0.4, 0.5) is 11.5 Å². The van der Waals surface area contributed by atoms with Crippen LogP contribution in [-0.4, -0.2) is 22.5 Å². The molecule has 7 heteroatoms. The largest absolute Gasteiger partial charge is 0.489 e. The Morgan fingerprint density at radius 2 is 1.58 bits per heavy atom. The van der Waals surface area contributed by atoms with Crippen LogP contribution in [0.3, 0.4) is 0 Å². The molecule has 0 amide bonds. The Morgan fingerprint density at radius 3 is 2.31 bits per heavy atom. The number of carbonyl (C=O) groups is 1. The summed E-state index contributed by atoms with van der Waals surface area (Å²) < 4.78 is 11.4. The molecule has 0 fully saturated rings. The summed E-state index contributed by atoms with van der Waals surface area (Å²) in [5.74, 6) is 1.09. The second kappa shape index (κ2) is 11.0. The SMILES string of the molecule is Cc1c(C(=O)OCCc2ccccc2)sc2ncnc(Nc3ccc(OCc4ccccc4)cc3)c12. The van der Waals surface area contributed by atoms with E-state index >= 15 is 0 Å². The Hall–Kier alpha value is -4.23. The first-order chi connectivity index (χ1) is 17.7. The van der Waals surface area contributed by atoms with E-state index in [1.807, 2.05) is 91.9 Å². The quantitative estimate of drug-likeness (QED) is 0.229. The summed E-state index contributed by atoms with van der Waals surface area (Å²) in [5, 5.41) is 4.17. The number of rotatable bonds is 9. The van der Waals surface area contributed by atoms with Gasteiger partial charge in [-0.05, 0) is 47.9 Å². The molecule has 0 spiro atoms. The van der Waals surface area contributed by atoms with E-state index in [9.17, 15) is 4.79 Å². The fourth-order valence-corrected chi connectivity index (χ4v) is 4.89. The van der Waals surface area contributed by atoms with Crippen LogP contribution < -0.4 is 10.1 Å². The van der Waals surface area contributed by atoms with Crippen LogP contribution in [0, 0.1) is 6.92 Å². The monoisotopic (exact) mass is 495 g/mol. The maximum atomic E-state index is 12.8. The zero-order chi connectivity index (χ0) is 24.7. The van der Waals surface area contributed by atoms with Gasteiger partial charge in [0.05, 0.1) is 12.0 Å². The van der Waals surface area contributed by atoms with Gasteiger partial charge in [-0.25, -0.2) is 14.8 Å². The Bertz CT molecular complexity index is 1450. The van der Waals surface area contributed by atoms with E-state index in [1.54, 1.807) is 0 Å². The second-order valence-corrected chi connectivity index (χ2v) is 9.25. The lowest BCUT2D eigenvalue weighted by Gasteiger charge is -2.10. The molecule has 2 heterocycles. The third kappa shape index (κ3) is 5.53. The highest BCUT2D eigenvalue weighted by atomic mass is 32.1. The number of fused-ring (bicyclic) bond motifs is 1. The minimum Gasteiger partial charge on any atom is -0.489 e. The van der Waals surface area contributed by atoms with Gasteiger partial charge in [0.1, 0.15) is 34.2 Å². The Kier molecular flexibility index (Phi) is 7.19. The number of aromatic nitrogens is 2. The zero-order valence-corrected chi connectivity index (χ0v) is 20.6. The first-order valence-electron chi connectivity index (χ1n) is 11.7. The average Bonchev–Trinajstić information content (AvgIpc) is 3.27. The third-order valence-electron chi connectivity index (χ3n) is 5.74. The number of nitrogens with zero attached hydrogens (tertiary/aromatic N) is 2. The summed E-state index contributed by atoms with van der Waals surface area (Å²) >= 11 is 1.32. The number of hydrogen-bond donors (Lipinski definition) is 1. The summed E-state index contributed by atoms with van der Waals surface area (Å²) in [6, 6.07) is 27.7. The van der Waals surface area contributed by atoms with Gasteiger partial charge in [0.25, 0.3) is 0 Å². The van der Waals surface area contributed by atoms with Gasteiger partial charge in [-0.2, -0.15) is 0 Å².